The number of para-hydroxylation sites is 1. The van der Waals surface area contributed by atoms with Crippen molar-refractivity contribution in [2.45, 2.75) is 32.2 Å². The second-order valence-corrected chi connectivity index (χ2v) is 9.34. The highest BCUT2D eigenvalue weighted by atomic mass is 32.2. The Labute approximate surface area is 189 Å². The lowest BCUT2D eigenvalue weighted by molar-refractivity contribution is -0.119. The Kier molecular flexibility index (Phi) is 7.53. The molecule has 0 aliphatic heterocycles. The first-order chi connectivity index (χ1) is 15.3. The second kappa shape index (κ2) is 10.3. The summed E-state index contributed by atoms with van der Waals surface area (Å²) in [4.78, 5) is 12.9. The van der Waals surface area contributed by atoms with Gasteiger partial charge < -0.3 is 10.1 Å². The van der Waals surface area contributed by atoms with E-state index in [1.165, 1.54) is 0 Å². The van der Waals surface area contributed by atoms with Crippen LogP contribution < -0.4 is 14.4 Å². The molecule has 0 heterocycles. The molecule has 0 aromatic heterocycles. The fourth-order valence-electron chi connectivity index (χ4n) is 3.19. The molecule has 0 unspecified atom stereocenters. The molecule has 0 fully saturated rings. The Morgan fingerprint density at radius 1 is 0.906 bits per heavy atom. The Bertz CT molecular complexity index is 1160. The molecule has 3 aromatic carbocycles. The van der Waals surface area contributed by atoms with E-state index >= 15 is 0 Å². The van der Waals surface area contributed by atoms with E-state index in [9.17, 15) is 13.2 Å². The zero-order valence-corrected chi connectivity index (χ0v) is 19.4. The van der Waals surface area contributed by atoms with Crippen molar-refractivity contribution in [2.24, 2.45) is 0 Å². The molecule has 6 nitrogen and oxygen atoms in total. The van der Waals surface area contributed by atoms with Crippen LogP contribution in [-0.4, -0.2) is 27.5 Å². The minimum atomic E-state index is -3.93. The van der Waals surface area contributed by atoms with Gasteiger partial charge in [0.15, 0.2) is 0 Å². The lowest BCUT2D eigenvalue weighted by atomic mass is 10.2. The summed E-state index contributed by atoms with van der Waals surface area (Å²) in [5.74, 6) is 0.283. The molecule has 3 aromatic rings. The number of benzene rings is 3. The molecule has 168 valence electrons. The third-order valence-electron chi connectivity index (χ3n) is 4.97. The summed E-state index contributed by atoms with van der Waals surface area (Å²) in [5.41, 5.74) is 3.21. The Balaban J connectivity index is 1.84. The Hall–Kier alpha value is -3.32. The van der Waals surface area contributed by atoms with Crippen LogP contribution in [0.15, 0.2) is 77.7 Å². The van der Waals surface area contributed by atoms with Gasteiger partial charge in [-0.05, 0) is 51.1 Å². The molecule has 1 amide bonds. The summed E-state index contributed by atoms with van der Waals surface area (Å²) in [7, 11) is -3.93. The Morgan fingerprint density at radius 2 is 1.50 bits per heavy atom. The molecular formula is C25H28N2O4S. The third-order valence-corrected chi connectivity index (χ3v) is 6.75. The maximum Gasteiger partial charge on any atom is 0.264 e. The number of nitrogens with one attached hydrogen (secondary N) is 1. The molecule has 3 rings (SSSR count). The van der Waals surface area contributed by atoms with Crippen molar-refractivity contribution in [3.8, 4) is 5.75 Å². The maximum atomic E-state index is 13.4. The van der Waals surface area contributed by atoms with Crippen molar-refractivity contribution in [3.63, 3.8) is 0 Å². The highest BCUT2D eigenvalue weighted by molar-refractivity contribution is 7.92. The molecule has 0 aliphatic carbocycles. The van der Waals surface area contributed by atoms with Gasteiger partial charge in [0.25, 0.3) is 10.0 Å². The van der Waals surface area contributed by atoms with Crippen LogP contribution in [0.3, 0.4) is 0 Å². The standard InChI is InChI=1S/C25H28N2O4S/c1-4-31-24-8-6-5-7-21(24)17-26-25(28)18-27(22-13-9-19(2)10-14-22)32(29,30)23-15-11-20(3)12-16-23/h5-16H,4,17-18H2,1-3H3,(H,26,28). The fourth-order valence-corrected chi connectivity index (χ4v) is 4.61. The predicted molar refractivity (Wildman–Crippen MR) is 126 cm³/mol. The molecule has 7 heteroatoms. The van der Waals surface area contributed by atoms with Crippen molar-refractivity contribution in [1.29, 1.82) is 0 Å². The minimum absolute atomic E-state index is 0.137. The van der Waals surface area contributed by atoms with Gasteiger partial charge in [0.2, 0.25) is 5.91 Å². The summed E-state index contributed by atoms with van der Waals surface area (Å²) in [6, 6.07) is 21.1. The highest BCUT2D eigenvalue weighted by Gasteiger charge is 2.27. The van der Waals surface area contributed by atoms with Crippen LogP contribution in [0, 0.1) is 13.8 Å². The smallest absolute Gasteiger partial charge is 0.264 e. The summed E-state index contributed by atoms with van der Waals surface area (Å²) in [6.45, 7) is 6.12. The molecular weight excluding hydrogens is 424 g/mol. The van der Waals surface area contributed by atoms with Gasteiger partial charge in [-0.2, -0.15) is 0 Å². The zero-order valence-electron chi connectivity index (χ0n) is 18.5. The van der Waals surface area contributed by atoms with Gasteiger partial charge in [-0.3, -0.25) is 9.10 Å². The van der Waals surface area contributed by atoms with E-state index in [4.69, 9.17) is 4.74 Å². The van der Waals surface area contributed by atoms with Gasteiger partial charge in [-0.25, -0.2) is 8.42 Å². The van der Waals surface area contributed by atoms with E-state index in [1.807, 2.05) is 57.2 Å². The van der Waals surface area contributed by atoms with Crippen molar-refractivity contribution in [3.05, 3.63) is 89.5 Å². The van der Waals surface area contributed by atoms with Crippen LogP contribution in [0.4, 0.5) is 5.69 Å². The van der Waals surface area contributed by atoms with Crippen molar-refractivity contribution >= 4 is 21.6 Å². The molecule has 1 N–H and O–H groups in total. The maximum absolute atomic E-state index is 13.4. The van der Waals surface area contributed by atoms with Gasteiger partial charge in [-0.15, -0.1) is 0 Å². The molecule has 0 saturated carbocycles. The minimum Gasteiger partial charge on any atom is -0.494 e. The highest BCUT2D eigenvalue weighted by Crippen LogP contribution is 2.24. The Morgan fingerprint density at radius 3 is 2.12 bits per heavy atom. The number of carbonyl (C=O) groups is 1. The van der Waals surface area contributed by atoms with Crippen LogP contribution in [0.5, 0.6) is 5.75 Å². The first-order valence-electron chi connectivity index (χ1n) is 10.4. The van der Waals surface area contributed by atoms with E-state index in [1.54, 1.807) is 36.4 Å². The van der Waals surface area contributed by atoms with Crippen LogP contribution in [0.25, 0.3) is 0 Å². The molecule has 32 heavy (non-hydrogen) atoms. The number of ether oxygens (including phenoxy) is 1. The number of carbonyl (C=O) groups excluding carboxylic acids is 1. The van der Waals surface area contributed by atoms with Crippen molar-refractivity contribution in [1.82, 2.24) is 5.32 Å². The van der Waals surface area contributed by atoms with Gasteiger partial charge in [-0.1, -0.05) is 53.6 Å². The third kappa shape index (κ3) is 5.68. The summed E-state index contributed by atoms with van der Waals surface area (Å²) in [5, 5.41) is 2.82. The van der Waals surface area contributed by atoms with Gasteiger partial charge in [0.05, 0.1) is 17.2 Å². The molecule has 0 spiro atoms. The average Bonchev–Trinajstić information content (AvgIpc) is 2.78. The average molecular weight is 453 g/mol. The molecule has 0 saturated heterocycles. The van der Waals surface area contributed by atoms with E-state index in [0.29, 0.717) is 18.0 Å². The van der Waals surface area contributed by atoms with Gasteiger partial charge >= 0.3 is 0 Å². The van der Waals surface area contributed by atoms with Gasteiger partial charge in [0, 0.05) is 12.1 Å². The van der Waals surface area contributed by atoms with Crippen molar-refractivity contribution < 1.29 is 17.9 Å². The van der Waals surface area contributed by atoms with Crippen LogP contribution in [-0.2, 0) is 21.4 Å². The fraction of sp³-hybridized carbons (Fsp3) is 0.240. The predicted octanol–water partition coefficient (Wildman–Crippen LogP) is 4.21. The number of rotatable bonds is 9. The topological polar surface area (TPSA) is 75.7 Å². The first-order valence-corrected chi connectivity index (χ1v) is 11.9. The van der Waals surface area contributed by atoms with Crippen molar-refractivity contribution in [2.75, 3.05) is 17.5 Å². The van der Waals surface area contributed by atoms with Crippen LogP contribution in [0.2, 0.25) is 0 Å². The lowest BCUT2D eigenvalue weighted by Crippen LogP contribution is -2.40. The van der Waals surface area contributed by atoms with Crippen LogP contribution in [0.1, 0.15) is 23.6 Å². The summed E-state index contributed by atoms with van der Waals surface area (Å²) in [6.07, 6.45) is 0. The summed E-state index contributed by atoms with van der Waals surface area (Å²) < 4.78 is 33.5. The van der Waals surface area contributed by atoms with Crippen LogP contribution >= 0.6 is 0 Å². The number of aryl methyl sites for hydroxylation is 2. The number of nitrogens with zero attached hydrogens (tertiary/aromatic N) is 1. The van der Waals surface area contributed by atoms with Gasteiger partial charge in [0.1, 0.15) is 12.3 Å². The molecule has 0 bridgehead atoms. The van der Waals surface area contributed by atoms with E-state index in [-0.39, 0.29) is 18.0 Å². The molecule has 0 radical (unpaired) electrons. The number of amides is 1. The zero-order chi connectivity index (χ0) is 23.1. The number of hydrogen-bond acceptors (Lipinski definition) is 4. The molecule has 0 atom stereocenters. The molecule has 0 aliphatic rings. The largest absolute Gasteiger partial charge is 0.494 e. The summed E-state index contributed by atoms with van der Waals surface area (Å²) >= 11 is 0. The van der Waals surface area contributed by atoms with E-state index < -0.39 is 15.9 Å². The monoisotopic (exact) mass is 452 g/mol. The quantitative estimate of drug-likeness (QED) is 0.528. The van der Waals surface area contributed by atoms with E-state index in [0.717, 1.165) is 21.0 Å². The normalized spacial score (nSPS) is 11.1. The van der Waals surface area contributed by atoms with E-state index in [2.05, 4.69) is 5.32 Å². The SMILES string of the molecule is CCOc1ccccc1CNC(=O)CN(c1ccc(C)cc1)S(=O)(=O)c1ccc(C)cc1. The number of anilines is 1. The number of sulfonamides is 1. The lowest BCUT2D eigenvalue weighted by Gasteiger charge is -2.24. The first kappa shape index (κ1) is 23.3. The second-order valence-electron chi connectivity index (χ2n) is 7.48. The number of hydrogen-bond donors (Lipinski definition) is 1.